The lowest BCUT2D eigenvalue weighted by Gasteiger charge is -2.26. The molecule has 2 nitrogen and oxygen atoms in total. The number of hydrogen-bond acceptors (Lipinski definition) is 1. The molecule has 0 heterocycles. The number of hydrogen-bond donors (Lipinski definition) is 1. The first kappa shape index (κ1) is 11.5. The monoisotopic (exact) mass is 196 g/mol. The summed E-state index contributed by atoms with van der Waals surface area (Å²) in [7, 11) is 0. The van der Waals surface area contributed by atoms with Gasteiger partial charge in [0.15, 0.2) is 0 Å². The van der Waals surface area contributed by atoms with E-state index in [-0.39, 0.29) is 0 Å². The molecule has 0 aliphatic heterocycles. The van der Waals surface area contributed by atoms with Gasteiger partial charge in [0.1, 0.15) is 0 Å². The molecule has 0 aromatic carbocycles. The Morgan fingerprint density at radius 1 is 1.43 bits per heavy atom. The van der Waals surface area contributed by atoms with Crippen LogP contribution in [0.4, 0.5) is 0 Å². The molecule has 0 radical (unpaired) electrons. The molecule has 1 aliphatic carbocycles. The van der Waals surface area contributed by atoms with Crippen LogP contribution in [0.5, 0.6) is 0 Å². The Bertz CT molecular complexity index is 196. The van der Waals surface area contributed by atoms with E-state index in [4.69, 9.17) is 5.73 Å². The molecule has 0 aromatic heterocycles. The molecule has 2 atom stereocenters. The molecular weight excluding hydrogens is 172 g/mol. The molecule has 1 fully saturated rings. The van der Waals surface area contributed by atoms with Crippen LogP contribution in [0.25, 0.3) is 0 Å². The zero-order valence-corrected chi connectivity index (χ0v) is 9.79. The summed E-state index contributed by atoms with van der Waals surface area (Å²) < 4.78 is 0. The summed E-state index contributed by atoms with van der Waals surface area (Å²) in [5, 5.41) is 0. The molecule has 82 valence electrons. The summed E-state index contributed by atoms with van der Waals surface area (Å²) in [5.74, 6) is 2.13. The van der Waals surface area contributed by atoms with Crippen LogP contribution >= 0.6 is 0 Å². The minimum absolute atomic E-state index is 0.400. The van der Waals surface area contributed by atoms with E-state index in [0.29, 0.717) is 12.0 Å². The topological polar surface area (TPSA) is 38.4 Å². The van der Waals surface area contributed by atoms with Crippen LogP contribution < -0.4 is 5.73 Å². The molecule has 2 unspecified atom stereocenters. The van der Waals surface area contributed by atoms with Gasteiger partial charge >= 0.3 is 0 Å². The highest BCUT2D eigenvalue weighted by atomic mass is 14.9. The van der Waals surface area contributed by atoms with Gasteiger partial charge in [-0.15, -0.1) is 0 Å². The largest absolute Gasteiger partial charge is 0.387 e. The van der Waals surface area contributed by atoms with Crippen LogP contribution in [0, 0.1) is 11.8 Å². The third-order valence-corrected chi connectivity index (χ3v) is 3.26. The maximum Gasteiger partial charge on any atom is 0.0966 e. The highest BCUT2D eigenvalue weighted by Crippen LogP contribution is 2.28. The molecule has 1 aliphatic rings. The molecule has 2 heteroatoms. The van der Waals surface area contributed by atoms with E-state index in [1.54, 1.807) is 0 Å². The second-order valence-electron chi connectivity index (χ2n) is 4.80. The van der Waals surface area contributed by atoms with Gasteiger partial charge in [0.05, 0.1) is 11.9 Å². The lowest BCUT2D eigenvalue weighted by atomic mass is 9.84. The minimum atomic E-state index is 0.400. The van der Waals surface area contributed by atoms with E-state index in [0.717, 1.165) is 11.8 Å². The molecule has 0 saturated heterocycles. The Hall–Kier alpha value is -0.530. The van der Waals surface area contributed by atoms with Crippen molar-refractivity contribution in [2.24, 2.45) is 22.6 Å². The molecule has 0 bridgehead atoms. The quantitative estimate of drug-likeness (QED) is 0.547. The van der Waals surface area contributed by atoms with Crippen molar-refractivity contribution in [2.45, 2.75) is 58.9 Å². The summed E-state index contributed by atoms with van der Waals surface area (Å²) >= 11 is 0. The second-order valence-corrected chi connectivity index (χ2v) is 4.80. The molecule has 1 saturated carbocycles. The standard InChI is InChI=1S/C12H24N2/c1-4-10-6-5-7-11(8-10)14-12(13)9(2)3/h9-11H,4-8H2,1-3H3,(H2,13,14). The van der Waals surface area contributed by atoms with Gasteiger partial charge < -0.3 is 5.73 Å². The van der Waals surface area contributed by atoms with Crippen molar-refractivity contribution in [3.8, 4) is 0 Å². The second kappa shape index (κ2) is 5.38. The molecule has 0 spiro atoms. The summed E-state index contributed by atoms with van der Waals surface area (Å²) in [4.78, 5) is 4.63. The Morgan fingerprint density at radius 2 is 2.14 bits per heavy atom. The van der Waals surface area contributed by atoms with Crippen LogP contribution in [0.2, 0.25) is 0 Å². The van der Waals surface area contributed by atoms with Crippen molar-refractivity contribution in [3.63, 3.8) is 0 Å². The van der Waals surface area contributed by atoms with Gasteiger partial charge in [-0.3, -0.25) is 4.99 Å². The fourth-order valence-electron chi connectivity index (χ4n) is 2.11. The normalized spacial score (nSPS) is 29.6. The van der Waals surface area contributed by atoms with Crippen molar-refractivity contribution in [1.29, 1.82) is 0 Å². The molecular formula is C12H24N2. The van der Waals surface area contributed by atoms with E-state index in [1.807, 2.05) is 0 Å². The Morgan fingerprint density at radius 3 is 2.71 bits per heavy atom. The lowest BCUT2D eigenvalue weighted by Crippen LogP contribution is -2.25. The predicted molar refractivity (Wildman–Crippen MR) is 62.5 cm³/mol. The number of aliphatic imine (C=N–C) groups is 1. The van der Waals surface area contributed by atoms with Crippen LogP contribution in [-0.4, -0.2) is 11.9 Å². The number of rotatable bonds is 3. The number of nitrogens with zero attached hydrogens (tertiary/aromatic N) is 1. The number of amidine groups is 1. The van der Waals surface area contributed by atoms with Crippen LogP contribution in [-0.2, 0) is 0 Å². The van der Waals surface area contributed by atoms with E-state index >= 15 is 0 Å². The first-order valence-electron chi connectivity index (χ1n) is 5.96. The Kier molecular flexibility index (Phi) is 4.43. The molecule has 0 amide bonds. The minimum Gasteiger partial charge on any atom is -0.387 e. The van der Waals surface area contributed by atoms with Gasteiger partial charge in [0.25, 0.3) is 0 Å². The average molecular weight is 196 g/mol. The first-order chi connectivity index (χ1) is 6.63. The summed E-state index contributed by atoms with van der Waals surface area (Å²) in [6.07, 6.45) is 6.52. The van der Waals surface area contributed by atoms with Gasteiger partial charge in [-0.1, -0.05) is 40.0 Å². The van der Waals surface area contributed by atoms with Crippen LogP contribution in [0.15, 0.2) is 4.99 Å². The molecule has 1 rings (SSSR count). The maximum atomic E-state index is 5.88. The fourth-order valence-corrected chi connectivity index (χ4v) is 2.11. The predicted octanol–water partition coefficient (Wildman–Crippen LogP) is 2.97. The number of nitrogens with two attached hydrogens (primary N) is 1. The van der Waals surface area contributed by atoms with Crippen molar-refractivity contribution in [3.05, 3.63) is 0 Å². The van der Waals surface area contributed by atoms with E-state index < -0.39 is 0 Å². The van der Waals surface area contributed by atoms with E-state index in [9.17, 15) is 0 Å². The summed E-state index contributed by atoms with van der Waals surface area (Å²) in [5.41, 5.74) is 5.88. The first-order valence-corrected chi connectivity index (χ1v) is 5.96. The van der Waals surface area contributed by atoms with Gasteiger partial charge in [-0.25, -0.2) is 0 Å². The van der Waals surface area contributed by atoms with Gasteiger partial charge in [0.2, 0.25) is 0 Å². The third kappa shape index (κ3) is 3.32. The average Bonchev–Trinajstić information content (AvgIpc) is 2.18. The zero-order chi connectivity index (χ0) is 10.6. The van der Waals surface area contributed by atoms with Crippen LogP contribution in [0.1, 0.15) is 52.9 Å². The fraction of sp³-hybridized carbons (Fsp3) is 0.917. The van der Waals surface area contributed by atoms with Crippen molar-refractivity contribution in [2.75, 3.05) is 0 Å². The Labute approximate surface area is 88.0 Å². The molecule has 0 aromatic rings. The molecule has 2 N–H and O–H groups in total. The van der Waals surface area contributed by atoms with Crippen molar-refractivity contribution in [1.82, 2.24) is 0 Å². The highest BCUT2D eigenvalue weighted by molar-refractivity contribution is 5.82. The molecule has 14 heavy (non-hydrogen) atoms. The van der Waals surface area contributed by atoms with Crippen molar-refractivity contribution >= 4 is 5.84 Å². The van der Waals surface area contributed by atoms with Crippen molar-refractivity contribution < 1.29 is 0 Å². The smallest absolute Gasteiger partial charge is 0.0966 e. The van der Waals surface area contributed by atoms with Gasteiger partial charge in [0, 0.05) is 5.92 Å². The Balaban J connectivity index is 2.48. The van der Waals surface area contributed by atoms with E-state index in [2.05, 4.69) is 25.8 Å². The zero-order valence-electron chi connectivity index (χ0n) is 9.79. The third-order valence-electron chi connectivity index (χ3n) is 3.26. The van der Waals surface area contributed by atoms with Gasteiger partial charge in [-0.05, 0) is 18.8 Å². The maximum absolute atomic E-state index is 5.88. The summed E-state index contributed by atoms with van der Waals surface area (Å²) in [6.45, 7) is 6.50. The van der Waals surface area contributed by atoms with Crippen LogP contribution in [0.3, 0.4) is 0 Å². The van der Waals surface area contributed by atoms with Gasteiger partial charge in [-0.2, -0.15) is 0 Å². The highest BCUT2D eigenvalue weighted by Gasteiger charge is 2.20. The summed E-state index contributed by atoms with van der Waals surface area (Å²) in [6, 6.07) is 0.510. The lowest BCUT2D eigenvalue weighted by molar-refractivity contribution is 0.315. The van der Waals surface area contributed by atoms with E-state index in [1.165, 1.54) is 32.1 Å². The SMILES string of the molecule is CCC1CCCC(N=C(N)C(C)C)C1.